The summed E-state index contributed by atoms with van der Waals surface area (Å²) in [6.07, 6.45) is 8.06. The van der Waals surface area contributed by atoms with Crippen LogP contribution in [0, 0.1) is 12.0 Å². The van der Waals surface area contributed by atoms with E-state index in [1.54, 1.807) is 0 Å². The van der Waals surface area contributed by atoms with E-state index in [2.05, 4.69) is 26.2 Å². The van der Waals surface area contributed by atoms with E-state index in [1.165, 1.54) is 18.9 Å². The summed E-state index contributed by atoms with van der Waals surface area (Å²) in [5.41, 5.74) is 2.29. The molecule has 0 aliphatic carbocycles. The number of rotatable bonds is 2. The van der Waals surface area contributed by atoms with Crippen molar-refractivity contribution >= 4 is 0 Å². The summed E-state index contributed by atoms with van der Waals surface area (Å²) in [5, 5.41) is 7.86. The molecule has 0 aromatic rings. The van der Waals surface area contributed by atoms with Crippen molar-refractivity contribution in [3.8, 4) is 0 Å². The second-order valence-electron chi connectivity index (χ2n) is 4.77. The molecular weight excluding hydrogens is 288 g/mol. The summed E-state index contributed by atoms with van der Waals surface area (Å²) in [6, 6.07) is 0. The molecule has 3 heteroatoms. The molecule has 0 spiro atoms. The fraction of sp³-hybridized carbons (Fsp3) is 0.529. The maximum Gasteiger partial charge on any atom is 0.0820 e. The third-order valence-corrected chi connectivity index (χ3v) is 2.30. The molecule has 1 unspecified atom stereocenters. The first kappa shape index (κ1) is 24.3. The van der Waals surface area contributed by atoms with Crippen LogP contribution in [-0.2, 0) is 22.1 Å². The summed E-state index contributed by atoms with van der Waals surface area (Å²) in [7, 11) is 0. The van der Waals surface area contributed by atoms with Crippen molar-refractivity contribution in [2.45, 2.75) is 41.0 Å². The molecule has 1 fully saturated rings. The summed E-state index contributed by atoms with van der Waals surface area (Å²) < 4.78 is 5.06. The monoisotopic (exact) mass is 317 g/mol. The third kappa shape index (κ3) is 22.4. The Morgan fingerprint density at radius 2 is 1.80 bits per heavy atom. The normalized spacial score (nSPS) is 17.2. The van der Waals surface area contributed by atoms with Crippen molar-refractivity contribution in [1.82, 2.24) is 0 Å². The van der Waals surface area contributed by atoms with Gasteiger partial charge < -0.3 is 9.84 Å². The summed E-state index contributed by atoms with van der Waals surface area (Å²) >= 11 is 0. The van der Waals surface area contributed by atoms with E-state index in [-0.39, 0.29) is 23.1 Å². The maximum absolute atomic E-state index is 7.86. The fourth-order valence-corrected chi connectivity index (χ4v) is 0.984. The number of hydrogen-bond acceptors (Lipinski definition) is 2. The Morgan fingerprint density at radius 3 is 2.00 bits per heavy atom. The molecular formula is C17H29CrO2-. The Morgan fingerprint density at radius 1 is 1.30 bits per heavy atom. The first-order valence-corrected chi connectivity index (χ1v) is 6.60. The van der Waals surface area contributed by atoms with Crippen LogP contribution in [0.4, 0.5) is 0 Å². The molecule has 1 aliphatic heterocycles. The van der Waals surface area contributed by atoms with Gasteiger partial charge in [-0.3, -0.25) is 6.08 Å². The van der Waals surface area contributed by atoms with Crippen LogP contribution in [0.25, 0.3) is 0 Å². The Balaban J connectivity index is -0.000000228. The SMILES string of the molecule is C=C(C)/C(C)=C\[C-]=CC.C=C(C)O.CC1CCOC1.[Cr]. The first-order chi connectivity index (χ1) is 8.81. The zero-order valence-electron chi connectivity index (χ0n) is 13.5. The standard InChI is InChI=1S/C9H13.C5H10O.C3H6O.Cr/c1-5-6-7-9(4)8(2)3;1-5-2-3-6-4-5;1-3(2)4;/h5,7H,2H2,1,3-4H3;5H,2-4H2,1H3;4H,1H2,2H3;/q-1;;;/b9-7-;;;. The van der Waals surface area contributed by atoms with Gasteiger partial charge in [-0.05, 0) is 19.3 Å². The quantitative estimate of drug-likeness (QED) is 0.441. The summed E-state index contributed by atoms with van der Waals surface area (Å²) in [6.45, 7) is 18.6. The molecule has 1 aliphatic rings. The number of allylic oxidation sites excluding steroid dienone is 6. The van der Waals surface area contributed by atoms with Gasteiger partial charge in [0.05, 0.1) is 5.76 Å². The second-order valence-corrected chi connectivity index (χ2v) is 4.77. The van der Waals surface area contributed by atoms with Gasteiger partial charge in [-0.1, -0.05) is 27.4 Å². The zero-order valence-corrected chi connectivity index (χ0v) is 14.8. The van der Waals surface area contributed by atoms with Crippen molar-refractivity contribution in [3.05, 3.63) is 48.3 Å². The molecule has 0 saturated carbocycles. The van der Waals surface area contributed by atoms with Crippen molar-refractivity contribution < 1.29 is 27.2 Å². The number of hydrogen-bond donors (Lipinski definition) is 1. The molecule has 1 N–H and O–H groups in total. The van der Waals surface area contributed by atoms with E-state index < -0.39 is 0 Å². The molecule has 0 amide bonds. The predicted octanol–water partition coefficient (Wildman–Crippen LogP) is 5.01. The van der Waals surface area contributed by atoms with Crippen molar-refractivity contribution in [2.24, 2.45) is 5.92 Å². The minimum absolute atomic E-state index is 0. The molecule has 1 atom stereocenters. The molecule has 20 heavy (non-hydrogen) atoms. The van der Waals surface area contributed by atoms with E-state index >= 15 is 0 Å². The van der Waals surface area contributed by atoms with Crippen molar-refractivity contribution in [2.75, 3.05) is 13.2 Å². The van der Waals surface area contributed by atoms with Gasteiger partial charge in [0.1, 0.15) is 0 Å². The average Bonchev–Trinajstić information content (AvgIpc) is 2.77. The summed E-state index contributed by atoms with van der Waals surface area (Å²) in [4.78, 5) is 0. The first-order valence-electron chi connectivity index (χ1n) is 6.60. The van der Waals surface area contributed by atoms with Crippen LogP contribution in [0.3, 0.4) is 0 Å². The van der Waals surface area contributed by atoms with Crippen LogP contribution in [0.15, 0.2) is 42.2 Å². The van der Waals surface area contributed by atoms with Crippen LogP contribution >= 0.6 is 0 Å². The molecule has 116 valence electrons. The van der Waals surface area contributed by atoms with Gasteiger partial charge in [0, 0.05) is 30.6 Å². The Labute approximate surface area is 136 Å². The van der Waals surface area contributed by atoms with E-state index in [9.17, 15) is 0 Å². The van der Waals surface area contributed by atoms with Gasteiger partial charge >= 0.3 is 0 Å². The Kier molecular flexibility index (Phi) is 19.8. The zero-order chi connectivity index (χ0) is 15.3. The Bertz CT molecular complexity index is 307. The average molecular weight is 317 g/mol. The molecule has 1 saturated heterocycles. The number of ether oxygens (including phenoxy) is 1. The molecule has 1 heterocycles. The van der Waals surface area contributed by atoms with E-state index in [1.807, 2.05) is 32.9 Å². The summed E-state index contributed by atoms with van der Waals surface area (Å²) in [5.74, 6) is 0.991. The van der Waals surface area contributed by atoms with Crippen LogP contribution in [-0.4, -0.2) is 18.3 Å². The molecule has 1 rings (SSSR count). The molecule has 0 radical (unpaired) electrons. The fourth-order valence-electron chi connectivity index (χ4n) is 0.984. The van der Waals surface area contributed by atoms with Crippen molar-refractivity contribution in [3.63, 3.8) is 0 Å². The minimum atomic E-state index is 0. The smallest absolute Gasteiger partial charge is 0.0820 e. The maximum atomic E-state index is 7.86. The third-order valence-electron chi connectivity index (χ3n) is 2.30. The van der Waals surface area contributed by atoms with Gasteiger partial charge in [-0.25, -0.2) is 6.08 Å². The van der Waals surface area contributed by atoms with E-state index in [4.69, 9.17) is 9.84 Å². The molecule has 0 bridgehead atoms. The number of aliphatic hydroxyl groups excluding tert-OH is 1. The van der Waals surface area contributed by atoms with Gasteiger partial charge in [0.15, 0.2) is 0 Å². The van der Waals surface area contributed by atoms with Crippen molar-refractivity contribution in [1.29, 1.82) is 0 Å². The number of aliphatic hydroxyl groups is 1. The molecule has 2 nitrogen and oxygen atoms in total. The molecule has 0 aromatic carbocycles. The minimum Gasteiger partial charge on any atom is -0.513 e. The van der Waals surface area contributed by atoms with Crippen LogP contribution in [0.1, 0.15) is 41.0 Å². The Hall–Kier alpha value is -0.748. The second kappa shape index (κ2) is 16.3. The van der Waals surface area contributed by atoms with E-state index in [0.717, 1.165) is 24.7 Å². The van der Waals surface area contributed by atoms with Gasteiger partial charge in [-0.15, -0.1) is 19.1 Å². The van der Waals surface area contributed by atoms with E-state index in [0.29, 0.717) is 0 Å². The van der Waals surface area contributed by atoms with Crippen LogP contribution < -0.4 is 0 Å². The van der Waals surface area contributed by atoms with Crippen LogP contribution in [0.5, 0.6) is 0 Å². The predicted molar refractivity (Wildman–Crippen MR) is 84.1 cm³/mol. The van der Waals surface area contributed by atoms with Crippen LogP contribution in [0.2, 0.25) is 0 Å². The van der Waals surface area contributed by atoms with Gasteiger partial charge in [0.2, 0.25) is 0 Å². The topological polar surface area (TPSA) is 29.5 Å². The van der Waals surface area contributed by atoms with Gasteiger partial charge in [-0.2, -0.15) is 11.6 Å². The largest absolute Gasteiger partial charge is 0.513 e. The molecule has 0 aromatic heterocycles. The van der Waals surface area contributed by atoms with Gasteiger partial charge in [0.25, 0.3) is 0 Å².